The first-order valence-corrected chi connectivity index (χ1v) is 7.67. The van der Waals surface area contributed by atoms with Gasteiger partial charge in [0.2, 0.25) is 0 Å². The Morgan fingerprint density at radius 2 is 2.00 bits per heavy atom. The van der Waals surface area contributed by atoms with Crippen molar-refractivity contribution in [1.29, 1.82) is 0 Å². The quantitative estimate of drug-likeness (QED) is 0.892. The molecule has 2 heterocycles. The molecule has 2 rings (SSSR count). The lowest BCUT2D eigenvalue weighted by Crippen LogP contribution is -2.42. The molecule has 1 aliphatic rings. The Balaban J connectivity index is 2.15. The summed E-state index contributed by atoms with van der Waals surface area (Å²) < 4.78 is 0. The summed E-state index contributed by atoms with van der Waals surface area (Å²) in [5.74, 6) is 2.90. The van der Waals surface area contributed by atoms with Gasteiger partial charge in [0.1, 0.15) is 17.5 Å². The van der Waals surface area contributed by atoms with Crippen molar-refractivity contribution in [3.8, 4) is 0 Å². The van der Waals surface area contributed by atoms with Crippen molar-refractivity contribution in [3.63, 3.8) is 0 Å². The van der Waals surface area contributed by atoms with Crippen LogP contribution in [0.4, 0.5) is 11.6 Å². The van der Waals surface area contributed by atoms with E-state index in [4.69, 9.17) is 0 Å². The van der Waals surface area contributed by atoms with Gasteiger partial charge in [-0.2, -0.15) is 0 Å². The van der Waals surface area contributed by atoms with Gasteiger partial charge in [-0.05, 0) is 39.9 Å². The normalized spacial score (nSPS) is 17.2. The van der Waals surface area contributed by atoms with Crippen LogP contribution in [0.3, 0.4) is 0 Å². The third-order valence-corrected chi connectivity index (χ3v) is 4.03. The molecule has 0 saturated carbocycles. The minimum absolute atomic E-state index is 0.584. The van der Waals surface area contributed by atoms with E-state index in [1.165, 1.54) is 25.9 Å². The van der Waals surface area contributed by atoms with E-state index in [9.17, 15) is 0 Å². The number of aromatic nitrogens is 2. The first kappa shape index (κ1) is 15.0. The Morgan fingerprint density at radius 1 is 1.30 bits per heavy atom. The van der Waals surface area contributed by atoms with Crippen LogP contribution in [0.5, 0.6) is 0 Å². The van der Waals surface area contributed by atoms with E-state index in [-0.39, 0.29) is 0 Å². The molecule has 0 aromatic carbocycles. The van der Waals surface area contributed by atoms with Crippen LogP contribution in [0.25, 0.3) is 0 Å². The molecule has 0 unspecified atom stereocenters. The number of rotatable bonds is 5. The fraction of sp³-hybridized carbons (Fsp3) is 0.733. The van der Waals surface area contributed by atoms with Crippen LogP contribution in [0.2, 0.25) is 0 Å². The maximum absolute atomic E-state index is 4.69. The number of aryl methyl sites for hydroxylation is 1. The average Bonchev–Trinajstić information content (AvgIpc) is 2.47. The Labute approximate surface area is 122 Å². The number of anilines is 2. The maximum atomic E-state index is 4.69. The number of piperidine rings is 1. The monoisotopic (exact) mass is 277 g/mol. The lowest BCUT2D eigenvalue weighted by atomic mass is 10.0. The lowest BCUT2D eigenvalue weighted by molar-refractivity contribution is 0.252. The standard InChI is InChI=1S/C15H27N5/c1-5-13-17-14(16-6-2)11-15(18-13)20(4)12-7-9-19(3)10-8-12/h11-12H,5-10H2,1-4H3,(H,16,17,18). The molecule has 1 aliphatic heterocycles. The summed E-state index contributed by atoms with van der Waals surface area (Å²) in [7, 11) is 4.35. The molecule has 0 spiro atoms. The molecule has 20 heavy (non-hydrogen) atoms. The summed E-state index contributed by atoms with van der Waals surface area (Å²) in [5.41, 5.74) is 0. The first-order valence-electron chi connectivity index (χ1n) is 7.67. The van der Waals surface area contributed by atoms with E-state index in [2.05, 4.69) is 59.1 Å². The Kier molecular flexibility index (Phi) is 5.17. The second-order valence-electron chi connectivity index (χ2n) is 5.56. The molecule has 0 radical (unpaired) electrons. The molecule has 5 nitrogen and oxygen atoms in total. The third kappa shape index (κ3) is 3.60. The molecule has 0 amide bonds. The van der Waals surface area contributed by atoms with Gasteiger partial charge in [-0.3, -0.25) is 0 Å². The van der Waals surface area contributed by atoms with Crippen molar-refractivity contribution in [1.82, 2.24) is 14.9 Å². The van der Waals surface area contributed by atoms with Crippen molar-refractivity contribution in [3.05, 3.63) is 11.9 Å². The highest BCUT2D eigenvalue weighted by molar-refractivity contribution is 5.49. The summed E-state index contributed by atoms with van der Waals surface area (Å²) in [4.78, 5) is 13.9. The molecule has 1 aromatic rings. The van der Waals surface area contributed by atoms with Gasteiger partial charge in [-0.25, -0.2) is 9.97 Å². The molecule has 1 N–H and O–H groups in total. The second kappa shape index (κ2) is 6.88. The zero-order valence-corrected chi connectivity index (χ0v) is 13.2. The molecule has 1 fully saturated rings. The summed E-state index contributed by atoms with van der Waals surface area (Å²) in [6.45, 7) is 7.41. The molecule has 0 atom stereocenters. The fourth-order valence-electron chi connectivity index (χ4n) is 2.66. The Morgan fingerprint density at radius 3 is 2.60 bits per heavy atom. The van der Waals surface area contributed by atoms with Crippen molar-refractivity contribution < 1.29 is 0 Å². The van der Waals surface area contributed by atoms with Gasteiger partial charge in [0.05, 0.1) is 0 Å². The SMILES string of the molecule is CCNc1cc(N(C)C2CCN(C)CC2)nc(CC)n1. The Bertz CT molecular complexity index is 426. The minimum atomic E-state index is 0.584. The van der Waals surface area contributed by atoms with Gasteiger partial charge < -0.3 is 15.1 Å². The van der Waals surface area contributed by atoms with Crippen LogP contribution in [0, 0.1) is 0 Å². The lowest BCUT2D eigenvalue weighted by Gasteiger charge is -2.35. The predicted molar refractivity (Wildman–Crippen MR) is 84.5 cm³/mol. The molecule has 0 aliphatic carbocycles. The smallest absolute Gasteiger partial charge is 0.134 e. The number of nitrogens with one attached hydrogen (secondary N) is 1. The number of hydrogen-bond donors (Lipinski definition) is 1. The highest BCUT2D eigenvalue weighted by Gasteiger charge is 2.22. The fourth-order valence-corrected chi connectivity index (χ4v) is 2.66. The molecule has 1 aromatic heterocycles. The maximum Gasteiger partial charge on any atom is 0.134 e. The van der Waals surface area contributed by atoms with E-state index in [0.29, 0.717) is 6.04 Å². The zero-order valence-electron chi connectivity index (χ0n) is 13.2. The van der Waals surface area contributed by atoms with Gasteiger partial charge in [0.15, 0.2) is 0 Å². The summed E-state index contributed by atoms with van der Waals surface area (Å²) >= 11 is 0. The van der Waals surface area contributed by atoms with E-state index >= 15 is 0 Å². The molecule has 1 saturated heterocycles. The molecule has 112 valence electrons. The molecule has 0 bridgehead atoms. The number of hydrogen-bond acceptors (Lipinski definition) is 5. The predicted octanol–water partition coefficient (Wildman–Crippen LogP) is 2.00. The van der Waals surface area contributed by atoms with Crippen LogP contribution in [0.15, 0.2) is 6.07 Å². The van der Waals surface area contributed by atoms with E-state index in [1.807, 2.05) is 0 Å². The van der Waals surface area contributed by atoms with Crippen molar-refractivity contribution in [2.45, 2.75) is 39.2 Å². The first-order chi connectivity index (χ1) is 9.63. The highest BCUT2D eigenvalue weighted by atomic mass is 15.2. The van der Waals surface area contributed by atoms with Crippen molar-refractivity contribution in [2.75, 3.05) is 43.9 Å². The molecular weight excluding hydrogens is 250 g/mol. The largest absolute Gasteiger partial charge is 0.370 e. The average molecular weight is 277 g/mol. The van der Waals surface area contributed by atoms with Crippen molar-refractivity contribution >= 4 is 11.6 Å². The molecular formula is C15H27N5. The van der Waals surface area contributed by atoms with Gasteiger partial charge in [-0.15, -0.1) is 0 Å². The second-order valence-corrected chi connectivity index (χ2v) is 5.56. The highest BCUT2D eigenvalue weighted by Crippen LogP contribution is 2.22. The van der Waals surface area contributed by atoms with Gasteiger partial charge in [0.25, 0.3) is 0 Å². The van der Waals surface area contributed by atoms with E-state index in [1.54, 1.807) is 0 Å². The summed E-state index contributed by atoms with van der Waals surface area (Å²) in [6.07, 6.45) is 3.28. The number of nitrogens with zero attached hydrogens (tertiary/aromatic N) is 4. The van der Waals surface area contributed by atoms with Gasteiger partial charge in [-0.1, -0.05) is 6.92 Å². The summed E-state index contributed by atoms with van der Waals surface area (Å²) in [6, 6.07) is 2.65. The Hall–Kier alpha value is -1.36. The van der Waals surface area contributed by atoms with E-state index < -0.39 is 0 Å². The third-order valence-electron chi connectivity index (χ3n) is 4.03. The van der Waals surface area contributed by atoms with E-state index in [0.717, 1.165) is 30.4 Å². The van der Waals surface area contributed by atoms with Crippen LogP contribution < -0.4 is 10.2 Å². The zero-order chi connectivity index (χ0) is 14.5. The van der Waals surface area contributed by atoms with Crippen LogP contribution >= 0.6 is 0 Å². The van der Waals surface area contributed by atoms with Crippen LogP contribution in [0.1, 0.15) is 32.5 Å². The van der Waals surface area contributed by atoms with Gasteiger partial charge in [0, 0.05) is 32.1 Å². The van der Waals surface area contributed by atoms with Crippen LogP contribution in [-0.2, 0) is 6.42 Å². The number of likely N-dealkylation sites (tertiary alicyclic amines) is 1. The van der Waals surface area contributed by atoms with Crippen LogP contribution in [-0.4, -0.2) is 54.6 Å². The van der Waals surface area contributed by atoms with Crippen molar-refractivity contribution in [2.24, 2.45) is 0 Å². The minimum Gasteiger partial charge on any atom is -0.370 e. The van der Waals surface area contributed by atoms with Gasteiger partial charge >= 0.3 is 0 Å². The molecule has 5 heteroatoms. The topological polar surface area (TPSA) is 44.3 Å². The summed E-state index contributed by atoms with van der Waals surface area (Å²) in [5, 5.41) is 3.30.